The van der Waals surface area contributed by atoms with Gasteiger partial charge in [-0.1, -0.05) is 6.92 Å². The predicted octanol–water partition coefficient (Wildman–Crippen LogP) is 1.28. The van der Waals surface area contributed by atoms with Crippen molar-refractivity contribution in [3.8, 4) is 0 Å². The molecule has 0 aromatic carbocycles. The van der Waals surface area contributed by atoms with E-state index in [4.69, 9.17) is 10.2 Å². The van der Waals surface area contributed by atoms with Crippen LogP contribution in [-0.4, -0.2) is 16.1 Å². The van der Waals surface area contributed by atoms with Gasteiger partial charge in [-0.25, -0.2) is 0 Å². The predicted molar refractivity (Wildman–Crippen MR) is 62.5 cm³/mol. The molecule has 90 valence electrons. The van der Waals surface area contributed by atoms with E-state index in [0.29, 0.717) is 11.6 Å². The minimum Gasteiger partial charge on any atom is -0.455 e. The number of anilines is 1. The maximum atomic E-state index is 11.7. The largest absolute Gasteiger partial charge is 0.455 e. The monoisotopic (exact) mass is 234 g/mol. The zero-order valence-electron chi connectivity index (χ0n) is 9.49. The van der Waals surface area contributed by atoms with E-state index in [1.54, 1.807) is 18.2 Å². The Balaban J connectivity index is 2.05. The molecule has 0 aliphatic rings. The number of hydrogen-bond donors (Lipinski definition) is 3. The third-order valence-corrected chi connectivity index (χ3v) is 2.34. The normalized spacial score (nSPS) is 10.5. The number of carbonyl (C=O) groups is 1. The Bertz CT molecular complexity index is 515. The van der Waals surface area contributed by atoms with Crippen molar-refractivity contribution >= 4 is 11.7 Å². The van der Waals surface area contributed by atoms with Crippen LogP contribution in [-0.2, 0) is 13.0 Å². The minimum absolute atomic E-state index is 0.228. The third kappa shape index (κ3) is 2.54. The lowest BCUT2D eigenvalue weighted by molar-refractivity contribution is 0.0994. The molecule has 6 heteroatoms. The molecular formula is C11H14N4O2. The molecule has 2 rings (SSSR count). The highest BCUT2D eigenvalue weighted by Crippen LogP contribution is 2.11. The number of nitrogens with two attached hydrogens (primary N) is 1. The van der Waals surface area contributed by atoms with E-state index in [9.17, 15) is 4.79 Å². The first-order chi connectivity index (χ1) is 8.22. The van der Waals surface area contributed by atoms with Crippen LogP contribution in [0.4, 0.5) is 5.82 Å². The van der Waals surface area contributed by atoms with Crippen LogP contribution in [0.15, 0.2) is 22.6 Å². The SMILES string of the molecule is CCc1cc(NC(=O)c2ccc(CN)o2)n[nH]1. The second kappa shape index (κ2) is 4.84. The van der Waals surface area contributed by atoms with Gasteiger partial charge in [0.25, 0.3) is 5.91 Å². The summed E-state index contributed by atoms with van der Waals surface area (Å²) in [6.45, 7) is 2.27. The van der Waals surface area contributed by atoms with E-state index in [0.717, 1.165) is 12.1 Å². The molecule has 0 aliphatic carbocycles. The number of aryl methyl sites for hydroxylation is 1. The molecule has 0 saturated heterocycles. The lowest BCUT2D eigenvalue weighted by Crippen LogP contribution is -2.11. The summed E-state index contributed by atoms with van der Waals surface area (Å²) in [7, 11) is 0. The average molecular weight is 234 g/mol. The second-order valence-electron chi connectivity index (χ2n) is 3.56. The van der Waals surface area contributed by atoms with Crippen LogP contribution in [0.5, 0.6) is 0 Å². The number of nitrogens with zero attached hydrogens (tertiary/aromatic N) is 1. The van der Waals surface area contributed by atoms with Crippen molar-refractivity contribution in [2.75, 3.05) is 5.32 Å². The van der Waals surface area contributed by atoms with Gasteiger partial charge in [-0.15, -0.1) is 0 Å². The topological polar surface area (TPSA) is 96.9 Å². The number of rotatable bonds is 4. The minimum atomic E-state index is -0.334. The van der Waals surface area contributed by atoms with Gasteiger partial charge in [-0.3, -0.25) is 9.89 Å². The van der Waals surface area contributed by atoms with Crippen molar-refractivity contribution in [3.05, 3.63) is 35.4 Å². The lowest BCUT2D eigenvalue weighted by Gasteiger charge is -1.97. The summed E-state index contributed by atoms with van der Waals surface area (Å²) < 4.78 is 5.22. The Morgan fingerprint density at radius 3 is 3.00 bits per heavy atom. The smallest absolute Gasteiger partial charge is 0.292 e. The molecule has 2 aromatic rings. The van der Waals surface area contributed by atoms with Crippen molar-refractivity contribution in [1.82, 2.24) is 10.2 Å². The number of nitrogens with one attached hydrogen (secondary N) is 2. The molecule has 6 nitrogen and oxygen atoms in total. The van der Waals surface area contributed by atoms with Gasteiger partial charge in [0.2, 0.25) is 0 Å². The number of furan rings is 1. The van der Waals surface area contributed by atoms with Gasteiger partial charge in [-0.05, 0) is 18.6 Å². The van der Waals surface area contributed by atoms with Crippen LogP contribution in [0.3, 0.4) is 0 Å². The Morgan fingerprint density at radius 1 is 1.59 bits per heavy atom. The van der Waals surface area contributed by atoms with Gasteiger partial charge in [0, 0.05) is 11.8 Å². The van der Waals surface area contributed by atoms with Crippen LogP contribution in [0.2, 0.25) is 0 Å². The number of H-pyrrole nitrogens is 1. The quantitative estimate of drug-likeness (QED) is 0.742. The van der Waals surface area contributed by atoms with Gasteiger partial charge in [-0.2, -0.15) is 5.10 Å². The zero-order chi connectivity index (χ0) is 12.3. The van der Waals surface area contributed by atoms with E-state index < -0.39 is 0 Å². The van der Waals surface area contributed by atoms with Crippen LogP contribution >= 0.6 is 0 Å². The fourth-order valence-corrected chi connectivity index (χ4v) is 1.39. The number of hydrogen-bond acceptors (Lipinski definition) is 4. The molecular weight excluding hydrogens is 220 g/mol. The van der Waals surface area contributed by atoms with Gasteiger partial charge in [0.1, 0.15) is 5.76 Å². The van der Waals surface area contributed by atoms with Crippen molar-refractivity contribution in [2.24, 2.45) is 5.73 Å². The zero-order valence-corrected chi connectivity index (χ0v) is 9.49. The highest BCUT2D eigenvalue weighted by Gasteiger charge is 2.12. The van der Waals surface area contributed by atoms with E-state index in [2.05, 4.69) is 15.5 Å². The number of carbonyl (C=O) groups excluding carboxylic acids is 1. The number of amides is 1. The molecule has 0 spiro atoms. The first-order valence-electron chi connectivity index (χ1n) is 5.37. The molecule has 4 N–H and O–H groups in total. The Kier molecular flexibility index (Phi) is 3.24. The Labute approximate surface area is 98.2 Å². The molecule has 0 unspecified atom stereocenters. The number of aromatic nitrogens is 2. The van der Waals surface area contributed by atoms with Crippen molar-refractivity contribution in [2.45, 2.75) is 19.9 Å². The molecule has 2 aromatic heterocycles. The molecule has 2 heterocycles. The molecule has 0 atom stereocenters. The fraction of sp³-hybridized carbons (Fsp3) is 0.273. The van der Waals surface area contributed by atoms with Gasteiger partial charge >= 0.3 is 0 Å². The highest BCUT2D eigenvalue weighted by molar-refractivity contribution is 6.01. The van der Waals surface area contributed by atoms with Crippen LogP contribution in [0, 0.1) is 0 Å². The van der Waals surface area contributed by atoms with E-state index in [-0.39, 0.29) is 18.2 Å². The molecule has 0 bridgehead atoms. The van der Waals surface area contributed by atoms with Crippen LogP contribution in [0.1, 0.15) is 28.9 Å². The summed E-state index contributed by atoms with van der Waals surface area (Å²) >= 11 is 0. The average Bonchev–Trinajstić information content (AvgIpc) is 2.96. The summed E-state index contributed by atoms with van der Waals surface area (Å²) in [5.41, 5.74) is 6.35. The maximum absolute atomic E-state index is 11.7. The summed E-state index contributed by atoms with van der Waals surface area (Å²) in [5, 5.41) is 9.40. The van der Waals surface area contributed by atoms with Crippen LogP contribution in [0.25, 0.3) is 0 Å². The summed E-state index contributed by atoms with van der Waals surface area (Å²) in [6.07, 6.45) is 0.834. The van der Waals surface area contributed by atoms with Gasteiger partial charge in [0.15, 0.2) is 11.6 Å². The molecule has 0 aliphatic heterocycles. The fourth-order valence-electron chi connectivity index (χ4n) is 1.39. The molecule has 0 saturated carbocycles. The summed E-state index contributed by atoms with van der Waals surface area (Å²) in [6, 6.07) is 5.05. The first-order valence-corrected chi connectivity index (χ1v) is 5.37. The maximum Gasteiger partial charge on any atom is 0.292 e. The Morgan fingerprint density at radius 2 is 2.41 bits per heavy atom. The molecule has 1 amide bonds. The molecule has 17 heavy (non-hydrogen) atoms. The lowest BCUT2D eigenvalue weighted by atomic mass is 10.3. The first kappa shape index (κ1) is 11.4. The second-order valence-corrected chi connectivity index (χ2v) is 3.56. The molecule has 0 radical (unpaired) electrons. The van der Waals surface area contributed by atoms with Gasteiger partial charge in [0.05, 0.1) is 6.54 Å². The third-order valence-electron chi connectivity index (χ3n) is 2.34. The van der Waals surface area contributed by atoms with E-state index >= 15 is 0 Å². The summed E-state index contributed by atoms with van der Waals surface area (Å²) in [5.74, 6) is 0.953. The van der Waals surface area contributed by atoms with Crippen molar-refractivity contribution in [3.63, 3.8) is 0 Å². The van der Waals surface area contributed by atoms with Gasteiger partial charge < -0.3 is 15.5 Å². The highest BCUT2D eigenvalue weighted by atomic mass is 16.4. The van der Waals surface area contributed by atoms with Crippen molar-refractivity contribution in [1.29, 1.82) is 0 Å². The summed E-state index contributed by atoms with van der Waals surface area (Å²) in [4.78, 5) is 11.7. The standard InChI is InChI=1S/C11H14N4O2/c1-2-7-5-10(15-14-7)13-11(16)9-4-3-8(6-12)17-9/h3-5H,2,6,12H2,1H3,(H2,13,14,15,16). The number of aromatic amines is 1. The van der Waals surface area contributed by atoms with Crippen LogP contribution < -0.4 is 11.1 Å². The molecule has 0 fully saturated rings. The van der Waals surface area contributed by atoms with E-state index in [1.807, 2.05) is 6.92 Å². The van der Waals surface area contributed by atoms with Crippen molar-refractivity contribution < 1.29 is 9.21 Å². The Hall–Kier alpha value is -2.08. The van der Waals surface area contributed by atoms with E-state index in [1.165, 1.54) is 0 Å².